The summed E-state index contributed by atoms with van der Waals surface area (Å²) < 4.78 is 8.46. The summed E-state index contributed by atoms with van der Waals surface area (Å²) in [4.78, 5) is 12.8. The van der Waals surface area contributed by atoms with Crippen LogP contribution in [-0.2, 0) is 11.2 Å². The zero-order chi connectivity index (χ0) is 18.4. The first-order valence-corrected chi connectivity index (χ1v) is 9.62. The quantitative estimate of drug-likeness (QED) is 0.655. The summed E-state index contributed by atoms with van der Waals surface area (Å²) in [5.74, 6) is 1.00. The van der Waals surface area contributed by atoms with E-state index in [1.165, 1.54) is 16.7 Å². The van der Waals surface area contributed by atoms with E-state index in [2.05, 4.69) is 42.4 Å². The normalized spacial score (nSPS) is 18.3. The van der Waals surface area contributed by atoms with E-state index in [9.17, 15) is 4.79 Å². The van der Waals surface area contributed by atoms with Crippen molar-refractivity contribution in [2.45, 2.75) is 38.2 Å². The maximum Gasteiger partial charge on any atom is 0.209 e. The van der Waals surface area contributed by atoms with Crippen molar-refractivity contribution in [1.29, 1.82) is 0 Å². The Bertz CT molecular complexity index is 1020. The van der Waals surface area contributed by atoms with Crippen LogP contribution in [0.2, 0.25) is 0 Å². The molecular weight excluding hydrogens is 338 g/mol. The van der Waals surface area contributed by atoms with Crippen molar-refractivity contribution >= 4 is 11.9 Å². The standard InChI is InChI=1S/C22H23N3O2/c1-16-20(4-3-19-7-11-23-25(16)19)17-2-5-21-18(14-17)6-8-22(27-21)9-12-24(15-26)13-10-22/h2-5,7,11,14-15H,6,8-10,12-13H2,1H3. The average molecular weight is 361 g/mol. The summed E-state index contributed by atoms with van der Waals surface area (Å²) in [6.07, 6.45) is 6.67. The highest BCUT2D eigenvalue weighted by atomic mass is 16.5. The molecule has 5 nitrogen and oxygen atoms in total. The lowest BCUT2D eigenvalue weighted by molar-refractivity contribution is -0.121. The Morgan fingerprint density at radius 2 is 1.96 bits per heavy atom. The third-order valence-electron chi connectivity index (χ3n) is 6.21. The van der Waals surface area contributed by atoms with Gasteiger partial charge in [0, 0.05) is 43.4 Å². The molecular formula is C22H23N3O2. The van der Waals surface area contributed by atoms with E-state index in [0.29, 0.717) is 0 Å². The topological polar surface area (TPSA) is 46.8 Å². The van der Waals surface area contributed by atoms with Crippen LogP contribution >= 0.6 is 0 Å². The average Bonchev–Trinajstić information content (AvgIpc) is 3.18. The first-order valence-electron chi connectivity index (χ1n) is 9.62. The van der Waals surface area contributed by atoms with Crippen LogP contribution < -0.4 is 4.74 Å². The van der Waals surface area contributed by atoms with E-state index in [1.807, 2.05) is 21.7 Å². The molecule has 138 valence electrons. The van der Waals surface area contributed by atoms with Crippen LogP contribution in [0, 0.1) is 6.92 Å². The number of aromatic nitrogens is 2. The minimum absolute atomic E-state index is 0.0993. The van der Waals surface area contributed by atoms with E-state index in [-0.39, 0.29) is 5.60 Å². The van der Waals surface area contributed by atoms with Gasteiger partial charge >= 0.3 is 0 Å². The predicted molar refractivity (Wildman–Crippen MR) is 104 cm³/mol. The minimum Gasteiger partial charge on any atom is -0.487 e. The summed E-state index contributed by atoms with van der Waals surface area (Å²) in [5, 5.41) is 4.43. The van der Waals surface area contributed by atoms with Crippen LogP contribution in [0.5, 0.6) is 5.75 Å². The second-order valence-electron chi connectivity index (χ2n) is 7.75. The van der Waals surface area contributed by atoms with Gasteiger partial charge in [-0.3, -0.25) is 4.79 Å². The molecule has 1 saturated heterocycles. The molecule has 3 aromatic rings. The number of rotatable bonds is 2. The maximum atomic E-state index is 11.0. The summed E-state index contributed by atoms with van der Waals surface area (Å²) in [7, 11) is 0. The molecule has 1 amide bonds. The molecule has 2 aromatic heterocycles. The van der Waals surface area contributed by atoms with Gasteiger partial charge < -0.3 is 9.64 Å². The van der Waals surface area contributed by atoms with Crippen molar-refractivity contribution in [3.63, 3.8) is 0 Å². The lowest BCUT2D eigenvalue weighted by Crippen LogP contribution is -2.49. The number of ether oxygens (including phenoxy) is 1. The number of carbonyl (C=O) groups excluding carboxylic acids is 1. The zero-order valence-electron chi connectivity index (χ0n) is 15.5. The highest BCUT2D eigenvalue weighted by Crippen LogP contribution is 2.40. The van der Waals surface area contributed by atoms with Crippen molar-refractivity contribution in [3.8, 4) is 16.9 Å². The number of pyridine rings is 1. The van der Waals surface area contributed by atoms with Crippen molar-refractivity contribution in [2.24, 2.45) is 0 Å². The van der Waals surface area contributed by atoms with Crippen LogP contribution in [0.4, 0.5) is 0 Å². The number of likely N-dealkylation sites (tertiary alicyclic amines) is 1. The molecule has 0 radical (unpaired) electrons. The molecule has 5 heteroatoms. The highest BCUT2D eigenvalue weighted by molar-refractivity contribution is 5.70. The van der Waals surface area contributed by atoms with E-state index in [4.69, 9.17) is 4.74 Å². The van der Waals surface area contributed by atoms with Crippen LogP contribution in [0.15, 0.2) is 42.6 Å². The first-order chi connectivity index (χ1) is 13.2. The molecule has 4 heterocycles. The molecule has 1 fully saturated rings. The number of hydrogen-bond donors (Lipinski definition) is 0. The highest BCUT2D eigenvalue weighted by Gasteiger charge is 2.39. The van der Waals surface area contributed by atoms with Crippen LogP contribution in [0.25, 0.3) is 16.6 Å². The van der Waals surface area contributed by atoms with E-state index < -0.39 is 0 Å². The second-order valence-corrected chi connectivity index (χ2v) is 7.75. The van der Waals surface area contributed by atoms with E-state index in [0.717, 1.165) is 62.1 Å². The lowest BCUT2D eigenvalue weighted by Gasteiger charge is -2.43. The van der Waals surface area contributed by atoms with Crippen molar-refractivity contribution in [3.05, 3.63) is 53.9 Å². The third kappa shape index (κ3) is 2.69. The summed E-state index contributed by atoms with van der Waals surface area (Å²) >= 11 is 0. The zero-order valence-corrected chi connectivity index (χ0v) is 15.5. The van der Waals surface area contributed by atoms with Crippen molar-refractivity contribution in [2.75, 3.05) is 13.1 Å². The molecule has 2 aliphatic rings. The molecule has 0 aliphatic carbocycles. The van der Waals surface area contributed by atoms with E-state index in [1.54, 1.807) is 0 Å². The number of amides is 1. The van der Waals surface area contributed by atoms with Gasteiger partial charge in [0.15, 0.2) is 0 Å². The monoisotopic (exact) mass is 361 g/mol. The molecule has 1 spiro atoms. The van der Waals surface area contributed by atoms with Crippen LogP contribution in [-0.4, -0.2) is 39.6 Å². The van der Waals surface area contributed by atoms with Crippen molar-refractivity contribution in [1.82, 2.24) is 14.5 Å². The van der Waals surface area contributed by atoms with Crippen LogP contribution in [0.1, 0.15) is 30.5 Å². The molecule has 0 saturated carbocycles. The fourth-order valence-corrected chi connectivity index (χ4v) is 4.51. The van der Waals surface area contributed by atoms with Crippen LogP contribution in [0.3, 0.4) is 0 Å². The summed E-state index contributed by atoms with van der Waals surface area (Å²) in [5.41, 5.74) is 5.84. The van der Waals surface area contributed by atoms with Gasteiger partial charge in [-0.15, -0.1) is 0 Å². The number of benzene rings is 1. The molecule has 5 rings (SSSR count). The number of aryl methyl sites for hydroxylation is 2. The van der Waals surface area contributed by atoms with Gasteiger partial charge in [0.2, 0.25) is 6.41 Å². The number of fused-ring (bicyclic) bond motifs is 2. The number of hydrogen-bond acceptors (Lipinski definition) is 3. The number of nitrogens with zero attached hydrogens (tertiary/aromatic N) is 3. The molecule has 0 atom stereocenters. The molecule has 0 bridgehead atoms. The predicted octanol–water partition coefficient (Wildman–Crippen LogP) is 3.63. The Hall–Kier alpha value is -2.82. The van der Waals surface area contributed by atoms with Gasteiger partial charge in [0.1, 0.15) is 11.4 Å². The fourth-order valence-electron chi connectivity index (χ4n) is 4.51. The number of carbonyl (C=O) groups is 1. The first kappa shape index (κ1) is 16.4. The Balaban J connectivity index is 1.45. The van der Waals surface area contributed by atoms with Gasteiger partial charge in [-0.1, -0.05) is 12.1 Å². The minimum atomic E-state index is -0.0993. The van der Waals surface area contributed by atoms with E-state index >= 15 is 0 Å². The molecule has 0 N–H and O–H groups in total. The molecule has 27 heavy (non-hydrogen) atoms. The smallest absolute Gasteiger partial charge is 0.209 e. The Labute approximate surface area is 158 Å². The van der Waals surface area contributed by atoms with Gasteiger partial charge in [-0.25, -0.2) is 4.52 Å². The van der Waals surface area contributed by atoms with Crippen molar-refractivity contribution < 1.29 is 9.53 Å². The number of piperidine rings is 1. The fraction of sp³-hybridized carbons (Fsp3) is 0.364. The largest absolute Gasteiger partial charge is 0.487 e. The van der Waals surface area contributed by atoms with Gasteiger partial charge in [-0.05, 0) is 55.2 Å². The Morgan fingerprint density at radius 3 is 2.78 bits per heavy atom. The second kappa shape index (κ2) is 6.12. The summed E-state index contributed by atoms with van der Waals surface area (Å²) in [6.45, 7) is 3.70. The molecule has 2 aliphatic heterocycles. The Morgan fingerprint density at radius 1 is 1.11 bits per heavy atom. The van der Waals surface area contributed by atoms with Gasteiger partial charge in [0.25, 0.3) is 0 Å². The summed E-state index contributed by atoms with van der Waals surface area (Å²) in [6, 6.07) is 12.8. The van der Waals surface area contributed by atoms with Gasteiger partial charge in [0.05, 0.1) is 5.52 Å². The van der Waals surface area contributed by atoms with Gasteiger partial charge in [-0.2, -0.15) is 5.10 Å². The Kier molecular flexibility index (Phi) is 3.71. The molecule has 1 aromatic carbocycles. The lowest BCUT2D eigenvalue weighted by atomic mass is 9.82. The maximum absolute atomic E-state index is 11.0. The third-order valence-corrected chi connectivity index (χ3v) is 6.21. The SMILES string of the molecule is Cc1c(-c2ccc3c(c2)CCC2(CCN(C=O)CC2)O3)ccc2ccnn12. The molecule has 0 unspecified atom stereocenters.